The maximum Gasteiger partial charge on any atom is 0.326 e. The zero-order valence-electron chi connectivity index (χ0n) is 20.6. The Kier molecular flexibility index (Phi) is 5.88. The fourth-order valence-electron chi connectivity index (χ4n) is 4.12. The summed E-state index contributed by atoms with van der Waals surface area (Å²) in [6.07, 6.45) is 0. The van der Waals surface area contributed by atoms with Crippen LogP contribution in [-0.4, -0.2) is 0 Å². The van der Waals surface area contributed by atoms with E-state index in [0.717, 1.165) is 22.4 Å². The molecule has 4 rings (SSSR count). The molecule has 0 spiro atoms. The molecule has 0 saturated carbocycles. The van der Waals surface area contributed by atoms with E-state index in [0.29, 0.717) is 5.92 Å². The van der Waals surface area contributed by atoms with Crippen molar-refractivity contribution in [2.75, 3.05) is 0 Å². The fourth-order valence-corrected chi connectivity index (χ4v) is 5.65. The van der Waals surface area contributed by atoms with Gasteiger partial charge in [0.2, 0.25) is 0 Å². The van der Waals surface area contributed by atoms with Gasteiger partial charge in [-0.15, -0.1) is 0 Å². The van der Waals surface area contributed by atoms with Crippen LogP contribution < -0.4 is 14.4 Å². The minimum absolute atomic E-state index is 0.0528. The quantitative estimate of drug-likeness (QED) is 0.376. The zero-order chi connectivity index (χ0) is 23.3. The summed E-state index contributed by atoms with van der Waals surface area (Å²) in [6.45, 7) is 18.1. The summed E-state index contributed by atoms with van der Waals surface area (Å²) in [5.74, 6) is 2.33. The molecule has 0 radical (unpaired) electrons. The zero-order valence-corrected chi connectivity index (χ0v) is 21.5. The molecule has 32 heavy (non-hydrogen) atoms. The fraction of sp³-hybridized carbons (Fsp3) is 0.379. The molecule has 168 valence electrons. The molecule has 0 aromatic heterocycles. The van der Waals surface area contributed by atoms with Crippen molar-refractivity contribution in [3.63, 3.8) is 0 Å². The molecule has 3 heteroatoms. The van der Waals surface area contributed by atoms with E-state index in [-0.39, 0.29) is 10.8 Å². The van der Waals surface area contributed by atoms with E-state index >= 15 is 0 Å². The lowest BCUT2D eigenvalue weighted by atomic mass is 9.77. The van der Waals surface area contributed by atoms with Crippen molar-refractivity contribution in [2.45, 2.75) is 72.1 Å². The Hall–Kier alpha value is -2.31. The predicted molar refractivity (Wildman–Crippen MR) is 138 cm³/mol. The van der Waals surface area contributed by atoms with Crippen LogP contribution in [0.25, 0.3) is 11.1 Å². The molecule has 3 aromatic rings. The molecule has 0 saturated heterocycles. The number of para-hydroxylation sites is 1. The first kappa shape index (κ1) is 22.9. The molecular formula is C29H35O2P. The van der Waals surface area contributed by atoms with Gasteiger partial charge in [0.1, 0.15) is 11.5 Å². The van der Waals surface area contributed by atoms with Crippen molar-refractivity contribution >= 4 is 13.7 Å². The molecule has 0 aliphatic carbocycles. The highest BCUT2D eigenvalue weighted by molar-refractivity contribution is 7.57. The predicted octanol–water partition coefficient (Wildman–Crippen LogP) is 8.48. The highest BCUT2D eigenvalue weighted by Gasteiger charge is 2.34. The van der Waals surface area contributed by atoms with Gasteiger partial charge in [0.15, 0.2) is 0 Å². The van der Waals surface area contributed by atoms with E-state index < -0.39 is 8.38 Å². The average molecular weight is 447 g/mol. The summed E-state index contributed by atoms with van der Waals surface area (Å²) in [7, 11) is -1.30. The largest absolute Gasteiger partial charge is 0.435 e. The van der Waals surface area contributed by atoms with Crippen molar-refractivity contribution in [3.8, 4) is 22.6 Å². The molecule has 1 aliphatic heterocycles. The maximum atomic E-state index is 6.93. The van der Waals surface area contributed by atoms with E-state index in [1.54, 1.807) is 0 Å². The lowest BCUT2D eigenvalue weighted by Crippen LogP contribution is -2.23. The van der Waals surface area contributed by atoms with Crippen molar-refractivity contribution in [1.82, 2.24) is 0 Å². The van der Waals surface area contributed by atoms with Crippen LogP contribution in [0.2, 0.25) is 0 Å². The van der Waals surface area contributed by atoms with Gasteiger partial charge in [-0.05, 0) is 40.0 Å². The van der Waals surface area contributed by atoms with Gasteiger partial charge in [-0.1, -0.05) is 104 Å². The lowest BCUT2D eigenvalue weighted by Gasteiger charge is -2.34. The van der Waals surface area contributed by atoms with E-state index in [4.69, 9.17) is 9.05 Å². The third kappa shape index (κ3) is 4.30. The number of hydrogen-bond acceptors (Lipinski definition) is 2. The molecule has 0 amide bonds. The van der Waals surface area contributed by atoms with Crippen LogP contribution in [0.15, 0.2) is 60.7 Å². The Balaban J connectivity index is 1.90. The maximum absolute atomic E-state index is 6.93. The molecular weight excluding hydrogens is 411 g/mol. The van der Waals surface area contributed by atoms with Crippen LogP contribution in [0, 0.1) is 0 Å². The van der Waals surface area contributed by atoms with Crippen molar-refractivity contribution < 1.29 is 9.05 Å². The lowest BCUT2D eigenvalue weighted by molar-refractivity contribution is 0.460. The second kappa shape index (κ2) is 8.23. The van der Waals surface area contributed by atoms with Crippen LogP contribution in [0.5, 0.6) is 11.5 Å². The van der Waals surface area contributed by atoms with Gasteiger partial charge in [0.05, 0.1) is 5.30 Å². The van der Waals surface area contributed by atoms with Crippen molar-refractivity contribution in [2.24, 2.45) is 0 Å². The van der Waals surface area contributed by atoms with Crippen LogP contribution in [0.3, 0.4) is 0 Å². The highest BCUT2D eigenvalue weighted by atomic mass is 31.2. The monoisotopic (exact) mass is 446 g/mol. The third-order valence-corrected chi connectivity index (χ3v) is 7.52. The molecule has 0 bridgehead atoms. The second-order valence-corrected chi connectivity index (χ2v) is 12.4. The molecule has 1 unspecified atom stereocenters. The van der Waals surface area contributed by atoms with Gasteiger partial charge in [0.25, 0.3) is 0 Å². The Morgan fingerprint density at radius 1 is 0.750 bits per heavy atom. The first-order chi connectivity index (χ1) is 15.0. The number of fused-ring (bicyclic) bond motifs is 3. The molecule has 0 fully saturated rings. The van der Waals surface area contributed by atoms with Gasteiger partial charge in [-0.25, -0.2) is 0 Å². The molecule has 0 N–H and O–H groups in total. The Bertz CT molecular complexity index is 1100. The van der Waals surface area contributed by atoms with Crippen molar-refractivity contribution in [1.29, 1.82) is 0 Å². The van der Waals surface area contributed by atoms with Crippen LogP contribution in [0.1, 0.15) is 78.0 Å². The standard InChI is InChI=1S/C29H35O2P/c1-19(2)20-17-23(28(3,4)5)27(24(18-20)29(6,7)8)31-32-26-16-12-10-14-22(26)21-13-9-11-15-25(21)30-32/h9-19H,1-8H3. The van der Waals surface area contributed by atoms with E-state index in [1.165, 1.54) is 22.3 Å². The minimum atomic E-state index is -1.30. The molecule has 1 atom stereocenters. The molecule has 1 heterocycles. The van der Waals surface area contributed by atoms with Gasteiger partial charge in [0, 0.05) is 16.7 Å². The Morgan fingerprint density at radius 2 is 1.28 bits per heavy atom. The summed E-state index contributed by atoms with van der Waals surface area (Å²) < 4.78 is 13.4. The van der Waals surface area contributed by atoms with E-state index in [1.807, 2.05) is 12.1 Å². The molecule has 2 nitrogen and oxygen atoms in total. The SMILES string of the molecule is CC(C)c1cc(C(C)(C)C)c(OP2Oc3ccccc3-c3ccccc32)c(C(C)(C)C)c1. The summed E-state index contributed by atoms with van der Waals surface area (Å²) in [4.78, 5) is 0. The topological polar surface area (TPSA) is 18.5 Å². The molecule has 3 aromatic carbocycles. The number of hydrogen-bond donors (Lipinski definition) is 0. The molecule has 1 aliphatic rings. The summed E-state index contributed by atoms with van der Waals surface area (Å²) in [5.41, 5.74) is 6.08. The minimum Gasteiger partial charge on any atom is -0.435 e. The first-order valence-corrected chi connectivity index (χ1v) is 12.7. The normalized spacial score (nSPS) is 15.7. The van der Waals surface area contributed by atoms with Crippen LogP contribution in [-0.2, 0) is 10.8 Å². The van der Waals surface area contributed by atoms with Gasteiger partial charge >= 0.3 is 8.38 Å². The summed E-state index contributed by atoms with van der Waals surface area (Å²) in [5, 5.41) is 1.13. The third-order valence-electron chi connectivity index (χ3n) is 6.03. The average Bonchev–Trinajstić information content (AvgIpc) is 2.72. The second-order valence-electron chi connectivity index (χ2n) is 11.1. The van der Waals surface area contributed by atoms with Crippen molar-refractivity contribution in [3.05, 3.63) is 77.4 Å². The van der Waals surface area contributed by atoms with Gasteiger partial charge in [-0.2, -0.15) is 0 Å². The van der Waals surface area contributed by atoms with Gasteiger partial charge < -0.3 is 9.05 Å². The number of benzene rings is 3. The highest BCUT2D eigenvalue weighted by Crippen LogP contribution is 2.53. The van der Waals surface area contributed by atoms with Gasteiger partial charge in [-0.3, -0.25) is 0 Å². The Morgan fingerprint density at radius 3 is 1.84 bits per heavy atom. The van der Waals surface area contributed by atoms with E-state index in [9.17, 15) is 0 Å². The van der Waals surface area contributed by atoms with Crippen LogP contribution >= 0.6 is 8.38 Å². The van der Waals surface area contributed by atoms with E-state index in [2.05, 4.69) is 104 Å². The number of rotatable bonds is 3. The smallest absolute Gasteiger partial charge is 0.326 e. The Labute approximate surface area is 194 Å². The first-order valence-electron chi connectivity index (χ1n) is 11.5. The summed E-state index contributed by atoms with van der Waals surface area (Å²) in [6, 6.07) is 21.4. The summed E-state index contributed by atoms with van der Waals surface area (Å²) >= 11 is 0. The van der Waals surface area contributed by atoms with Crippen LogP contribution in [0.4, 0.5) is 0 Å².